The second-order valence-electron chi connectivity index (χ2n) is 8.92. The normalized spacial score (nSPS) is 13.8. The zero-order valence-corrected chi connectivity index (χ0v) is 20.3. The average molecular weight is 455 g/mol. The molecule has 1 aliphatic heterocycles. The van der Waals surface area contributed by atoms with Crippen LogP contribution in [0.2, 0.25) is 0 Å². The number of hydrogen-bond acceptors (Lipinski definition) is 4. The number of hydrogen-bond donors (Lipinski definition) is 0. The lowest BCUT2D eigenvalue weighted by Crippen LogP contribution is -2.34. The highest BCUT2D eigenvalue weighted by atomic mass is 16.5. The van der Waals surface area contributed by atoms with Crippen molar-refractivity contribution in [2.75, 3.05) is 11.9 Å². The molecule has 0 unspecified atom stereocenters. The van der Waals surface area contributed by atoms with Crippen LogP contribution in [0.4, 0.5) is 5.69 Å². The van der Waals surface area contributed by atoms with Crippen molar-refractivity contribution < 1.29 is 14.3 Å². The van der Waals surface area contributed by atoms with Crippen molar-refractivity contribution in [3.05, 3.63) is 101 Å². The van der Waals surface area contributed by atoms with E-state index in [1.807, 2.05) is 112 Å². The average Bonchev–Trinajstić information content (AvgIpc) is 3.06. The molecule has 4 rings (SSSR count). The molecule has 0 atom stereocenters. The summed E-state index contributed by atoms with van der Waals surface area (Å²) in [6.45, 7) is 8.36. The molecule has 0 fully saturated rings. The molecule has 5 nitrogen and oxygen atoms in total. The van der Waals surface area contributed by atoms with Gasteiger partial charge in [-0.2, -0.15) is 0 Å². The van der Waals surface area contributed by atoms with Gasteiger partial charge in [-0.1, -0.05) is 54.6 Å². The van der Waals surface area contributed by atoms with Crippen molar-refractivity contribution in [2.45, 2.75) is 40.3 Å². The second kappa shape index (κ2) is 9.56. The predicted octanol–water partition coefficient (Wildman–Crippen LogP) is 5.51. The summed E-state index contributed by atoms with van der Waals surface area (Å²) in [4.78, 5) is 30.8. The van der Waals surface area contributed by atoms with Gasteiger partial charge in [0.15, 0.2) is 0 Å². The van der Waals surface area contributed by atoms with Gasteiger partial charge in [-0.15, -0.1) is 0 Å². The molecule has 0 spiro atoms. The third-order valence-corrected chi connectivity index (χ3v) is 6.04. The van der Waals surface area contributed by atoms with Gasteiger partial charge in [0, 0.05) is 13.6 Å². The summed E-state index contributed by atoms with van der Waals surface area (Å²) in [5, 5.41) is 0. The van der Waals surface area contributed by atoms with Gasteiger partial charge in [0.25, 0.3) is 11.8 Å². The quantitative estimate of drug-likeness (QED) is 0.442. The Balaban J connectivity index is 1.79. The summed E-state index contributed by atoms with van der Waals surface area (Å²) in [7, 11) is 1.86. The lowest BCUT2D eigenvalue weighted by molar-refractivity contribution is -0.120. The summed E-state index contributed by atoms with van der Waals surface area (Å²) in [5.74, 6) is 0.0995. The maximum atomic E-state index is 13.8. The fourth-order valence-corrected chi connectivity index (χ4v) is 4.24. The molecule has 0 saturated carbocycles. The monoisotopic (exact) mass is 454 g/mol. The number of rotatable bonds is 7. The first kappa shape index (κ1) is 23.3. The van der Waals surface area contributed by atoms with E-state index in [2.05, 4.69) is 0 Å². The van der Waals surface area contributed by atoms with Gasteiger partial charge in [0.1, 0.15) is 11.4 Å². The number of amides is 2. The van der Waals surface area contributed by atoms with Crippen molar-refractivity contribution in [3.63, 3.8) is 0 Å². The molecule has 0 aliphatic carbocycles. The lowest BCUT2D eigenvalue weighted by Gasteiger charge is -2.22. The molecule has 34 heavy (non-hydrogen) atoms. The van der Waals surface area contributed by atoms with Crippen LogP contribution < -0.4 is 9.64 Å². The molecular formula is C29H30N2O3. The zero-order valence-electron chi connectivity index (χ0n) is 20.3. The first-order valence-corrected chi connectivity index (χ1v) is 11.5. The topological polar surface area (TPSA) is 49.9 Å². The molecule has 0 bridgehead atoms. The standard InChI is InChI=1S/C29H30N2O3/c1-19(2)34-24-16-14-23(15-17-24)26-27(30(5)18-22-11-7-6-8-12-22)29(33)31(28(26)32)25-13-9-10-20(3)21(25)4/h6-17,19H,18H2,1-5H3. The maximum absolute atomic E-state index is 13.8. The van der Waals surface area contributed by atoms with E-state index in [0.717, 1.165) is 22.4 Å². The summed E-state index contributed by atoms with van der Waals surface area (Å²) < 4.78 is 5.76. The van der Waals surface area contributed by atoms with E-state index in [1.54, 1.807) is 0 Å². The van der Waals surface area contributed by atoms with Crippen LogP contribution in [0.1, 0.15) is 36.1 Å². The molecule has 0 N–H and O–H groups in total. The number of aryl methyl sites for hydroxylation is 1. The number of anilines is 1. The van der Waals surface area contributed by atoms with Crippen LogP contribution in [-0.2, 0) is 16.1 Å². The summed E-state index contributed by atoms with van der Waals surface area (Å²) in [5.41, 5.74) is 5.11. The van der Waals surface area contributed by atoms with Crippen LogP contribution in [-0.4, -0.2) is 29.9 Å². The van der Waals surface area contributed by atoms with Gasteiger partial charge in [-0.3, -0.25) is 9.59 Å². The first-order valence-electron chi connectivity index (χ1n) is 11.5. The van der Waals surface area contributed by atoms with Gasteiger partial charge in [-0.25, -0.2) is 4.90 Å². The van der Waals surface area contributed by atoms with E-state index in [-0.39, 0.29) is 17.9 Å². The summed E-state index contributed by atoms with van der Waals surface area (Å²) in [6, 6.07) is 23.0. The molecule has 174 valence electrons. The minimum atomic E-state index is -0.314. The van der Waals surface area contributed by atoms with Crippen molar-refractivity contribution in [3.8, 4) is 5.75 Å². The lowest BCUT2D eigenvalue weighted by atomic mass is 10.0. The third-order valence-electron chi connectivity index (χ3n) is 6.04. The Morgan fingerprint density at radius 1 is 0.853 bits per heavy atom. The van der Waals surface area contributed by atoms with Crippen LogP contribution in [0.15, 0.2) is 78.5 Å². The second-order valence-corrected chi connectivity index (χ2v) is 8.92. The van der Waals surface area contributed by atoms with Gasteiger partial charge in [0.05, 0.1) is 17.4 Å². The fraction of sp³-hybridized carbons (Fsp3) is 0.241. The Labute approximate surface area is 201 Å². The number of ether oxygens (including phenoxy) is 1. The highest BCUT2D eigenvalue weighted by Crippen LogP contribution is 2.37. The van der Waals surface area contributed by atoms with Crippen molar-refractivity contribution >= 4 is 23.1 Å². The molecule has 1 aliphatic rings. The summed E-state index contributed by atoms with van der Waals surface area (Å²) in [6.07, 6.45) is 0.0482. The molecule has 0 saturated heterocycles. The molecule has 0 aromatic heterocycles. The number of carbonyl (C=O) groups excluding carboxylic acids is 2. The van der Waals surface area contributed by atoms with Gasteiger partial charge < -0.3 is 9.64 Å². The molecule has 5 heteroatoms. The van der Waals surface area contributed by atoms with Crippen LogP contribution in [0.5, 0.6) is 5.75 Å². The summed E-state index contributed by atoms with van der Waals surface area (Å²) >= 11 is 0. The molecule has 0 radical (unpaired) electrons. The third kappa shape index (κ3) is 4.46. The minimum Gasteiger partial charge on any atom is -0.491 e. The van der Waals surface area contributed by atoms with Gasteiger partial charge in [0.2, 0.25) is 0 Å². The zero-order chi connectivity index (χ0) is 24.4. The van der Waals surface area contributed by atoms with E-state index in [4.69, 9.17) is 4.74 Å². The molecular weight excluding hydrogens is 424 g/mol. The van der Waals surface area contributed by atoms with Crippen LogP contribution in [0, 0.1) is 13.8 Å². The van der Waals surface area contributed by atoms with Crippen LogP contribution in [0.3, 0.4) is 0 Å². The molecule has 3 aromatic rings. The number of carbonyl (C=O) groups is 2. The fourth-order valence-electron chi connectivity index (χ4n) is 4.24. The van der Waals surface area contributed by atoms with E-state index < -0.39 is 0 Å². The van der Waals surface area contributed by atoms with E-state index >= 15 is 0 Å². The Bertz CT molecular complexity index is 1240. The Kier molecular flexibility index (Phi) is 6.55. The van der Waals surface area contributed by atoms with Crippen LogP contribution in [0.25, 0.3) is 5.57 Å². The SMILES string of the molecule is Cc1cccc(N2C(=O)C(c3ccc(OC(C)C)cc3)=C(N(C)Cc3ccccc3)C2=O)c1C. The molecule has 3 aromatic carbocycles. The maximum Gasteiger partial charge on any atom is 0.282 e. The highest BCUT2D eigenvalue weighted by molar-refractivity contribution is 6.45. The smallest absolute Gasteiger partial charge is 0.282 e. The van der Waals surface area contributed by atoms with Crippen molar-refractivity contribution in [2.24, 2.45) is 0 Å². The van der Waals surface area contributed by atoms with Crippen molar-refractivity contribution in [1.82, 2.24) is 4.90 Å². The van der Waals surface area contributed by atoms with Gasteiger partial charge >= 0.3 is 0 Å². The number of imide groups is 1. The minimum absolute atomic E-state index is 0.0482. The highest BCUT2D eigenvalue weighted by Gasteiger charge is 2.42. The number of benzene rings is 3. The largest absolute Gasteiger partial charge is 0.491 e. The van der Waals surface area contributed by atoms with E-state index in [1.165, 1.54) is 4.90 Å². The van der Waals surface area contributed by atoms with Crippen molar-refractivity contribution in [1.29, 1.82) is 0 Å². The Morgan fingerprint density at radius 2 is 1.53 bits per heavy atom. The van der Waals surface area contributed by atoms with Crippen LogP contribution >= 0.6 is 0 Å². The molecule has 2 amide bonds. The van der Waals surface area contributed by atoms with Gasteiger partial charge in [-0.05, 0) is 68.1 Å². The molecule has 1 heterocycles. The van der Waals surface area contributed by atoms with E-state index in [0.29, 0.717) is 29.1 Å². The first-order chi connectivity index (χ1) is 16.3. The predicted molar refractivity (Wildman–Crippen MR) is 135 cm³/mol. The number of nitrogens with zero attached hydrogens (tertiary/aromatic N) is 2. The Morgan fingerprint density at radius 3 is 2.18 bits per heavy atom. The Hall–Kier alpha value is -3.86. The number of likely N-dealkylation sites (N-methyl/N-ethyl adjacent to an activating group) is 1. The van der Waals surface area contributed by atoms with E-state index in [9.17, 15) is 9.59 Å².